The molecule has 0 nitrogen and oxygen atoms in total. The first-order valence-electron chi connectivity index (χ1n) is 5.70. The summed E-state index contributed by atoms with van der Waals surface area (Å²) < 4.78 is 0. The first-order chi connectivity index (χ1) is 7.00. The van der Waals surface area contributed by atoms with Gasteiger partial charge in [0.2, 0.25) is 0 Å². The Kier molecular flexibility index (Phi) is 4.85. The van der Waals surface area contributed by atoms with Crippen molar-refractivity contribution in [2.75, 3.05) is 0 Å². The molecule has 0 aliphatic carbocycles. The summed E-state index contributed by atoms with van der Waals surface area (Å²) in [7, 11) is 0. The van der Waals surface area contributed by atoms with Crippen LogP contribution in [0.5, 0.6) is 0 Å². The summed E-state index contributed by atoms with van der Waals surface area (Å²) in [6.45, 7) is 9.04. The highest BCUT2D eigenvalue weighted by Crippen LogP contribution is 2.24. The quantitative estimate of drug-likeness (QED) is 0.701. The van der Waals surface area contributed by atoms with Crippen molar-refractivity contribution in [3.8, 4) is 0 Å². The van der Waals surface area contributed by atoms with Gasteiger partial charge in [-0.1, -0.05) is 66.5 Å². The van der Waals surface area contributed by atoms with Crippen LogP contribution in [0.1, 0.15) is 31.9 Å². The third-order valence-corrected chi connectivity index (χ3v) is 4.29. The van der Waals surface area contributed by atoms with E-state index in [-0.39, 0.29) is 0 Å². The molecule has 0 N–H and O–H groups in total. The molecule has 0 radical (unpaired) electrons. The fourth-order valence-corrected chi connectivity index (χ4v) is 2.65. The maximum atomic E-state index is 3.81. The van der Waals surface area contributed by atoms with Crippen molar-refractivity contribution in [3.05, 3.63) is 35.4 Å². The molecule has 0 aromatic heterocycles. The molecular weight excluding hydrogens is 248 g/mol. The average molecular weight is 269 g/mol. The second-order valence-corrected chi connectivity index (χ2v) is 5.99. The first kappa shape index (κ1) is 12.8. The number of hydrogen-bond acceptors (Lipinski definition) is 0. The number of rotatable bonds is 4. The standard InChI is InChI=1S/C14H21Br/c1-10(2)12(4)14(15)9-13-7-5-6-11(3)8-13/h5-8,10,12,14H,9H2,1-4H3. The lowest BCUT2D eigenvalue weighted by Crippen LogP contribution is -2.19. The molecule has 0 aliphatic heterocycles. The predicted octanol–water partition coefficient (Wildman–Crippen LogP) is 4.59. The van der Waals surface area contributed by atoms with Crippen molar-refractivity contribution in [1.82, 2.24) is 0 Å². The minimum absolute atomic E-state index is 0.583. The monoisotopic (exact) mass is 268 g/mol. The minimum atomic E-state index is 0.583. The van der Waals surface area contributed by atoms with E-state index in [4.69, 9.17) is 0 Å². The maximum Gasteiger partial charge on any atom is 0.0214 e. The van der Waals surface area contributed by atoms with Crippen molar-refractivity contribution in [2.24, 2.45) is 11.8 Å². The van der Waals surface area contributed by atoms with Crippen LogP contribution in [0.15, 0.2) is 24.3 Å². The Bertz CT molecular complexity index is 304. The smallest absolute Gasteiger partial charge is 0.0214 e. The molecule has 0 heterocycles. The van der Waals surface area contributed by atoms with E-state index in [1.807, 2.05) is 0 Å². The SMILES string of the molecule is Cc1cccc(CC(Br)C(C)C(C)C)c1. The summed E-state index contributed by atoms with van der Waals surface area (Å²) in [5, 5.41) is 0. The molecule has 1 rings (SSSR count). The van der Waals surface area contributed by atoms with Crippen molar-refractivity contribution >= 4 is 15.9 Å². The highest BCUT2D eigenvalue weighted by atomic mass is 79.9. The van der Waals surface area contributed by atoms with E-state index in [0.29, 0.717) is 10.7 Å². The molecule has 15 heavy (non-hydrogen) atoms. The third-order valence-electron chi connectivity index (χ3n) is 3.14. The lowest BCUT2D eigenvalue weighted by atomic mass is 9.91. The van der Waals surface area contributed by atoms with E-state index in [1.165, 1.54) is 11.1 Å². The van der Waals surface area contributed by atoms with Gasteiger partial charge in [-0.2, -0.15) is 0 Å². The fraction of sp³-hybridized carbons (Fsp3) is 0.571. The summed E-state index contributed by atoms with van der Waals surface area (Å²) in [6, 6.07) is 8.79. The third kappa shape index (κ3) is 3.98. The van der Waals surface area contributed by atoms with Gasteiger partial charge in [-0.25, -0.2) is 0 Å². The van der Waals surface area contributed by atoms with Crippen molar-refractivity contribution in [2.45, 2.75) is 38.9 Å². The number of aryl methyl sites for hydroxylation is 1. The van der Waals surface area contributed by atoms with Crippen LogP contribution < -0.4 is 0 Å². The zero-order chi connectivity index (χ0) is 11.4. The summed E-state index contributed by atoms with van der Waals surface area (Å²) in [6.07, 6.45) is 1.13. The average Bonchev–Trinajstić information content (AvgIpc) is 2.16. The van der Waals surface area contributed by atoms with Crippen LogP contribution in [0.2, 0.25) is 0 Å². The lowest BCUT2D eigenvalue weighted by Gasteiger charge is -2.22. The molecule has 0 aliphatic rings. The number of alkyl halides is 1. The van der Waals surface area contributed by atoms with Crippen LogP contribution in [0, 0.1) is 18.8 Å². The lowest BCUT2D eigenvalue weighted by molar-refractivity contribution is 0.407. The fourth-order valence-electron chi connectivity index (χ4n) is 1.67. The van der Waals surface area contributed by atoms with Crippen LogP contribution in [0.4, 0.5) is 0 Å². The van der Waals surface area contributed by atoms with Crippen molar-refractivity contribution in [1.29, 1.82) is 0 Å². The first-order valence-corrected chi connectivity index (χ1v) is 6.62. The van der Waals surface area contributed by atoms with E-state index in [1.54, 1.807) is 0 Å². The van der Waals surface area contributed by atoms with E-state index < -0.39 is 0 Å². The molecule has 0 amide bonds. The number of benzene rings is 1. The second-order valence-electron chi connectivity index (χ2n) is 4.81. The van der Waals surface area contributed by atoms with Crippen molar-refractivity contribution in [3.63, 3.8) is 0 Å². The Morgan fingerprint density at radius 1 is 1.20 bits per heavy atom. The van der Waals surface area contributed by atoms with Gasteiger partial charge in [0.1, 0.15) is 0 Å². The zero-order valence-electron chi connectivity index (χ0n) is 10.1. The Hall–Kier alpha value is -0.300. The molecule has 2 unspecified atom stereocenters. The zero-order valence-corrected chi connectivity index (χ0v) is 11.7. The van der Waals surface area contributed by atoms with Gasteiger partial charge >= 0.3 is 0 Å². The highest BCUT2D eigenvalue weighted by molar-refractivity contribution is 9.09. The molecule has 2 atom stereocenters. The summed E-state index contributed by atoms with van der Waals surface area (Å²) in [4.78, 5) is 0.583. The molecule has 1 aromatic carbocycles. The van der Waals surface area contributed by atoms with Gasteiger partial charge in [0.25, 0.3) is 0 Å². The van der Waals surface area contributed by atoms with Crippen LogP contribution in [0.25, 0.3) is 0 Å². The molecule has 0 bridgehead atoms. The normalized spacial score (nSPS) is 15.3. The van der Waals surface area contributed by atoms with Gasteiger partial charge in [0.15, 0.2) is 0 Å². The Balaban J connectivity index is 2.62. The van der Waals surface area contributed by atoms with Gasteiger partial charge in [-0.15, -0.1) is 0 Å². The van der Waals surface area contributed by atoms with Gasteiger partial charge < -0.3 is 0 Å². The Morgan fingerprint density at radius 3 is 2.40 bits per heavy atom. The van der Waals surface area contributed by atoms with Gasteiger partial charge in [-0.05, 0) is 30.7 Å². The molecule has 0 spiro atoms. The highest BCUT2D eigenvalue weighted by Gasteiger charge is 2.17. The molecule has 0 fully saturated rings. The van der Waals surface area contributed by atoms with Crippen molar-refractivity contribution < 1.29 is 0 Å². The maximum absolute atomic E-state index is 3.81. The summed E-state index contributed by atoms with van der Waals surface area (Å²) in [5.41, 5.74) is 2.79. The van der Waals surface area contributed by atoms with Gasteiger partial charge in [0.05, 0.1) is 0 Å². The topological polar surface area (TPSA) is 0 Å². The molecule has 84 valence electrons. The molecular formula is C14H21Br. The van der Waals surface area contributed by atoms with E-state index >= 15 is 0 Å². The molecule has 0 saturated carbocycles. The van der Waals surface area contributed by atoms with Crippen LogP contribution in [0.3, 0.4) is 0 Å². The number of hydrogen-bond donors (Lipinski definition) is 0. The molecule has 1 heteroatoms. The summed E-state index contributed by atoms with van der Waals surface area (Å²) in [5.74, 6) is 1.45. The molecule has 1 aromatic rings. The van der Waals surface area contributed by atoms with Crippen LogP contribution in [-0.4, -0.2) is 4.83 Å². The Labute approximate surface area is 102 Å². The van der Waals surface area contributed by atoms with E-state index in [2.05, 4.69) is 67.9 Å². The van der Waals surface area contributed by atoms with Crippen LogP contribution in [-0.2, 0) is 6.42 Å². The predicted molar refractivity (Wildman–Crippen MR) is 71.6 cm³/mol. The van der Waals surface area contributed by atoms with Gasteiger partial charge in [-0.3, -0.25) is 0 Å². The van der Waals surface area contributed by atoms with Crippen LogP contribution >= 0.6 is 15.9 Å². The van der Waals surface area contributed by atoms with Gasteiger partial charge in [0, 0.05) is 4.83 Å². The second kappa shape index (κ2) is 5.69. The van der Waals surface area contributed by atoms with E-state index in [0.717, 1.165) is 12.3 Å². The largest absolute Gasteiger partial charge is 0.0884 e. The molecule has 0 saturated heterocycles. The number of halogens is 1. The summed E-state index contributed by atoms with van der Waals surface area (Å²) >= 11 is 3.81. The Morgan fingerprint density at radius 2 is 1.87 bits per heavy atom. The van der Waals surface area contributed by atoms with E-state index in [9.17, 15) is 0 Å². The minimum Gasteiger partial charge on any atom is -0.0884 e.